The van der Waals surface area contributed by atoms with E-state index in [1.54, 1.807) is 6.07 Å². The van der Waals surface area contributed by atoms with Crippen molar-refractivity contribution < 1.29 is 8.22 Å². The Kier molecular flexibility index (Phi) is 4.67. The number of benzene rings is 7. The van der Waals surface area contributed by atoms with E-state index in [9.17, 15) is 8.22 Å². The first-order valence-electron chi connectivity index (χ1n) is 19.7. The monoisotopic (exact) mass is 679 g/mol. The Morgan fingerprint density at radius 1 is 0.520 bits per heavy atom. The Labute approximate surface area is 303 Å². The van der Waals surface area contributed by atoms with E-state index >= 15 is 0 Å². The summed E-state index contributed by atoms with van der Waals surface area (Å²) in [5.74, 6) is 0.671. The van der Waals surface area contributed by atoms with Crippen LogP contribution in [0.25, 0.3) is 78.0 Å². The zero-order chi connectivity index (χ0) is 38.1. The van der Waals surface area contributed by atoms with Crippen LogP contribution in [-0.4, -0.2) is 22.0 Å². The summed E-state index contributed by atoms with van der Waals surface area (Å²) in [4.78, 5) is 6.40. The van der Waals surface area contributed by atoms with E-state index in [1.807, 2.05) is 91.0 Å². The maximum absolute atomic E-state index is 9.35. The topological polar surface area (TPSA) is 22.2 Å². The van der Waals surface area contributed by atoms with E-state index in [1.165, 1.54) is 11.8 Å². The van der Waals surface area contributed by atoms with Crippen LogP contribution in [0.15, 0.2) is 161 Å². The van der Waals surface area contributed by atoms with Crippen LogP contribution < -0.4 is 10.4 Å². The highest BCUT2D eigenvalue weighted by atomic mass is 32.2. The van der Waals surface area contributed by atoms with Gasteiger partial charge in [-0.3, -0.25) is 8.97 Å². The van der Waals surface area contributed by atoms with Gasteiger partial charge in [-0.05, 0) is 91.3 Å². The number of nitrogens with zero attached hydrogens (tertiary/aromatic N) is 3. The summed E-state index contributed by atoms with van der Waals surface area (Å²) in [5, 5.41) is 0.811. The van der Waals surface area contributed by atoms with Gasteiger partial charge in [0.05, 0.1) is 27.8 Å². The number of hydrogen-bond donors (Lipinski definition) is 0. The fourth-order valence-corrected chi connectivity index (χ4v) is 12.3. The summed E-state index contributed by atoms with van der Waals surface area (Å²) in [7, 11) is -4.67. The molecule has 0 N–H and O–H groups in total. The van der Waals surface area contributed by atoms with Crippen molar-refractivity contribution in [2.75, 3.05) is 0 Å². The van der Waals surface area contributed by atoms with Crippen LogP contribution >= 0.6 is 11.8 Å². The van der Waals surface area contributed by atoms with Crippen LogP contribution in [0.3, 0.4) is 0 Å². The fourth-order valence-electron chi connectivity index (χ4n) is 8.21. The van der Waals surface area contributed by atoms with Crippen molar-refractivity contribution in [3.05, 3.63) is 152 Å². The second kappa shape index (κ2) is 10.2. The van der Waals surface area contributed by atoms with Gasteiger partial charge in [-0.15, -0.1) is 0 Å². The molecule has 50 heavy (non-hydrogen) atoms. The second-order valence-electron chi connectivity index (χ2n) is 13.1. The summed E-state index contributed by atoms with van der Waals surface area (Å²) in [6, 6.07) is 50.5. The highest BCUT2D eigenvalue weighted by Crippen LogP contribution is 2.49. The van der Waals surface area contributed by atoms with E-state index in [-0.39, 0.29) is 0 Å². The molecule has 5 heteroatoms. The predicted octanol–water partition coefficient (Wildman–Crippen LogP) is 10.7. The number of fused-ring (bicyclic) bond motifs is 15. The third kappa shape index (κ3) is 3.73. The van der Waals surface area contributed by atoms with Gasteiger partial charge < -0.3 is 0 Å². The Morgan fingerprint density at radius 3 is 1.70 bits per heavy atom. The van der Waals surface area contributed by atoms with Crippen LogP contribution in [0.2, 0.25) is 13.0 Å². The lowest BCUT2D eigenvalue weighted by atomic mass is 9.81. The average molecular weight is 680 g/mol. The number of aromatic nitrogens is 3. The van der Waals surface area contributed by atoms with Crippen LogP contribution in [0.1, 0.15) is 8.22 Å². The standard InChI is InChI=1S/C45H31N3SSi/c1-50(2)42-25-13-24-40(48-39-23-12-11-22-38(39)47-37-21-10-9-20-36(37)46-45(47)48)44(42)49-41-26-34-32-18-7-5-16-30(32)28-14-3-4-15-29(28)31-17-6-8-19-33(31)35(34)27-43(41)50/h3-27H,1-2H3/i1D3,2D3. The van der Waals surface area contributed by atoms with Crippen molar-refractivity contribution in [1.29, 1.82) is 0 Å². The van der Waals surface area contributed by atoms with Gasteiger partial charge in [-0.25, -0.2) is 4.98 Å². The molecule has 7 aromatic carbocycles. The molecule has 0 unspecified atom stereocenters. The van der Waals surface area contributed by atoms with Crippen molar-refractivity contribution in [3.63, 3.8) is 0 Å². The molecule has 0 amide bonds. The summed E-state index contributed by atoms with van der Waals surface area (Å²) >= 11 is 1.47. The zero-order valence-electron chi connectivity index (χ0n) is 32.7. The van der Waals surface area contributed by atoms with Crippen molar-refractivity contribution in [2.24, 2.45) is 0 Å². The van der Waals surface area contributed by atoms with Crippen molar-refractivity contribution in [1.82, 2.24) is 14.0 Å². The second-order valence-corrected chi connectivity index (χ2v) is 16.7. The Hall–Kier alpha value is -5.62. The quantitative estimate of drug-likeness (QED) is 0.161. The molecule has 0 saturated heterocycles. The lowest BCUT2D eigenvalue weighted by Gasteiger charge is -2.35. The number of imidazole rings is 2. The smallest absolute Gasteiger partial charge is 0.220 e. The van der Waals surface area contributed by atoms with Crippen molar-refractivity contribution >= 4 is 58.1 Å². The lowest BCUT2D eigenvalue weighted by molar-refractivity contribution is 1.08. The van der Waals surface area contributed by atoms with Gasteiger partial charge in [0.2, 0.25) is 5.78 Å². The summed E-state index contributed by atoms with van der Waals surface area (Å²) in [6.07, 6.45) is 0. The largest absolute Gasteiger partial charge is 0.277 e. The number of hydrogen-bond acceptors (Lipinski definition) is 2. The van der Waals surface area contributed by atoms with E-state index < -0.39 is 21.0 Å². The number of rotatable bonds is 1. The molecule has 2 aromatic heterocycles. The normalized spacial score (nSPS) is 16.2. The van der Waals surface area contributed by atoms with E-state index in [0.29, 0.717) is 31.6 Å². The third-order valence-electron chi connectivity index (χ3n) is 10.4. The van der Waals surface area contributed by atoms with Gasteiger partial charge in [0.25, 0.3) is 0 Å². The molecule has 1 aliphatic heterocycles. The van der Waals surface area contributed by atoms with Crippen LogP contribution in [0.4, 0.5) is 0 Å². The van der Waals surface area contributed by atoms with E-state index in [4.69, 9.17) is 4.98 Å². The predicted molar refractivity (Wildman–Crippen MR) is 212 cm³/mol. The van der Waals surface area contributed by atoms with Crippen LogP contribution in [0, 0.1) is 0 Å². The molecule has 3 nitrogen and oxygen atoms in total. The highest BCUT2D eigenvalue weighted by molar-refractivity contribution is 8.00. The van der Waals surface area contributed by atoms with Crippen LogP contribution in [-0.2, 0) is 0 Å². The van der Waals surface area contributed by atoms with Gasteiger partial charge in [0, 0.05) is 18.0 Å². The van der Waals surface area contributed by atoms with Crippen molar-refractivity contribution in [2.45, 2.75) is 22.7 Å². The van der Waals surface area contributed by atoms with Gasteiger partial charge >= 0.3 is 0 Å². The zero-order valence-corrected chi connectivity index (χ0v) is 28.5. The van der Waals surface area contributed by atoms with Gasteiger partial charge in [0.1, 0.15) is 8.07 Å². The number of para-hydroxylation sites is 4. The molecule has 9 aromatic rings. The van der Waals surface area contributed by atoms with Crippen LogP contribution in [0.5, 0.6) is 0 Å². The first-order valence-corrected chi connectivity index (χ1v) is 19.5. The summed E-state index contributed by atoms with van der Waals surface area (Å²) in [6.45, 7) is -5.67. The first kappa shape index (κ1) is 22.9. The maximum atomic E-state index is 9.35. The Bertz CT molecular complexity index is 3110. The Morgan fingerprint density at radius 2 is 1.06 bits per heavy atom. The highest BCUT2D eigenvalue weighted by Gasteiger charge is 2.38. The summed E-state index contributed by atoms with van der Waals surface area (Å²) in [5.41, 5.74) is 12.3. The molecule has 3 heterocycles. The fraction of sp³-hybridized carbons (Fsp3) is 0.0444. The average Bonchev–Trinajstić information content (AvgIpc) is 3.72. The maximum Gasteiger partial charge on any atom is 0.220 e. The molecule has 0 bridgehead atoms. The molecular weight excluding hydrogens is 643 g/mol. The lowest BCUT2D eigenvalue weighted by Crippen LogP contribution is -2.56. The minimum absolute atomic E-state index is 0.393. The molecular formula is C45H31N3SSi. The Balaban J connectivity index is 1.27. The molecule has 0 atom stereocenters. The third-order valence-corrected chi connectivity index (χ3v) is 14.4. The van der Waals surface area contributed by atoms with Gasteiger partial charge in [-0.2, -0.15) is 0 Å². The van der Waals surface area contributed by atoms with Gasteiger partial charge in [-0.1, -0.05) is 140 Å². The molecule has 0 saturated carbocycles. The summed E-state index contributed by atoms with van der Waals surface area (Å²) < 4.78 is 60.3. The molecule has 1 aliphatic carbocycles. The molecule has 236 valence electrons. The molecule has 0 fully saturated rings. The minimum Gasteiger partial charge on any atom is -0.277 e. The van der Waals surface area contributed by atoms with Gasteiger partial charge in [0.15, 0.2) is 0 Å². The first-order chi connectivity index (χ1) is 27.1. The van der Waals surface area contributed by atoms with E-state index in [0.717, 1.165) is 66.6 Å². The minimum atomic E-state index is -4.67. The molecule has 0 radical (unpaired) electrons. The molecule has 11 rings (SSSR count). The molecule has 0 spiro atoms. The molecule has 2 aliphatic rings. The van der Waals surface area contributed by atoms with E-state index in [2.05, 4.69) is 63.6 Å². The van der Waals surface area contributed by atoms with Crippen molar-refractivity contribution in [3.8, 4) is 50.2 Å². The SMILES string of the molecule is [2H]C([2H])([2H])[Si]1(C([2H])([2H])[2H])c2cc3c(cc2Sc2c(-n4c5ccccc5n5c6ccccc6nc45)cccc21)-c1ccccc1-c1ccccc1-c1ccccc1-3.